The van der Waals surface area contributed by atoms with Gasteiger partial charge in [-0.05, 0) is 49.8 Å². The van der Waals surface area contributed by atoms with E-state index >= 15 is 0 Å². The highest BCUT2D eigenvalue weighted by Gasteiger charge is 2.24. The molecular formula is C19H21N3O3S2. The number of aromatic nitrogens is 2. The second-order valence-corrected chi connectivity index (χ2v) is 9.37. The lowest BCUT2D eigenvalue weighted by atomic mass is 9.89. The molecule has 0 radical (unpaired) electrons. The van der Waals surface area contributed by atoms with E-state index in [1.165, 1.54) is 22.2 Å². The Bertz CT molecular complexity index is 1020. The molecule has 0 saturated carbocycles. The number of H-pyrrole nitrogens is 1. The monoisotopic (exact) mass is 403 g/mol. The topological polar surface area (TPSA) is 88.0 Å². The summed E-state index contributed by atoms with van der Waals surface area (Å²) in [5.41, 5.74) is 1.07. The number of aryl methyl sites for hydroxylation is 1. The highest BCUT2D eigenvalue weighted by atomic mass is 32.2. The van der Waals surface area contributed by atoms with E-state index in [0.717, 1.165) is 29.5 Å². The number of carbonyl (C=O) groups excluding carboxylic acids is 1. The van der Waals surface area contributed by atoms with Gasteiger partial charge < -0.3 is 14.7 Å². The van der Waals surface area contributed by atoms with Crippen molar-refractivity contribution in [1.82, 2.24) is 15.3 Å². The fraction of sp³-hybridized carbons (Fsp3) is 0.421. The van der Waals surface area contributed by atoms with Crippen molar-refractivity contribution >= 4 is 39.2 Å². The second kappa shape index (κ2) is 7.52. The van der Waals surface area contributed by atoms with Crippen LogP contribution in [-0.2, 0) is 24.2 Å². The zero-order chi connectivity index (χ0) is 19.0. The van der Waals surface area contributed by atoms with Crippen molar-refractivity contribution in [2.75, 3.05) is 0 Å². The van der Waals surface area contributed by atoms with Crippen molar-refractivity contribution in [2.24, 2.45) is 5.92 Å². The van der Waals surface area contributed by atoms with Crippen LogP contribution in [0.1, 0.15) is 36.5 Å². The van der Waals surface area contributed by atoms with E-state index in [0.29, 0.717) is 23.4 Å². The van der Waals surface area contributed by atoms with E-state index in [9.17, 15) is 9.59 Å². The summed E-state index contributed by atoms with van der Waals surface area (Å²) in [6.45, 7) is 4.39. The Labute approximate surface area is 164 Å². The van der Waals surface area contributed by atoms with Crippen LogP contribution >= 0.6 is 23.1 Å². The molecule has 3 heterocycles. The summed E-state index contributed by atoms with van der Waals surface area (Å²) >= 11 is 2.88. The van der Waals surface area contributed by atoms with Crippen LogP contribution in [0.2, 0.25) is 0 Å². The Balaban J connectivity index is 1.50. The standard InChI is InChI=1S/C19H21N3O3S2/c1-10-5-6-13-14(8-10)27-18-15(13)17(24)21-19(22-18)26-11(2)16(23)20-9-12-4-3-7-25-12/h3-4,7,10-11H,5-6,8-9H2,1-2H3,(H,20,23)(H,21,22,24)/t10-,11+/m0/s1. The molecule has 2 N–H and O–H groups in total. The lowest BCUT2D eigenvalue weighted by molar-refractivity contribution is -0.120. The predicted molar refractivity (Wildman–Crippen MR) is 107 cm³/mol. The van der Waals surface area contributed by atoms with Crippen LogP contribution in [0.3, 0.4) is 0 Å². The van der Waals surface area contributed by atoms with Crippen molar-refractivity contribution in [3.05, 3.63) is 45.0 Å². The SMILES string of the molecule is C[C@H]1CCc2c(sc3nc(S[C@H](C)C(=O)NCc4ccco4)[nH]c(=O)c23)C1. The van der Waals surface area contributed by atoms with Gasteiger partial charge in [0.25, 0.3) is 5.56 Å². The fourth-order valence-electron chi connectivity index (χ4n) is 3.34. The van der Waals surface area contributed by atoms with Gasteiger partial charge in [-0.1, -0.05) is 18.7 Å². The van der Waals surface area contributed by atoms with Crippen LogP contribution in [-0.4, -0.2) is 21.1 Å². The van der Waals surface area contributed by atoms with Crippen molar-refractivity contribution in [1.29, 1.82) is 0 Å². The summed E-state index contributed by atoms with van der Waals surface area (Å²) in [6, 6.07) is 3.59. The van der Waals surface area contributed by atoms with E-state index in [1.807, 2.05) is 6.07 Å². The maximum atomic E-state index is 12.6. The summed E-state index contributed by atoms with van der Waals surface area (Å²) < 4.78 is 5.21. The van der Waals surface area contributed by atoms with Crippen LogP contribution in [0.5, 0.6) is 0 Å². The first-order chi connectivity index (χ1) is 13.0. The number of amides is 1. The lowest BCUT2D eigenvalue weighted by Crippen LogP contribution is -2.30. The van der Waals surface area contributed by atoms with Gasteiger partial charge in [-0.2, -0.15) is 0 Å². The highest BCUT2D eigenvalue weighted by molar-refractivity contribution is 8.00. The molecule has 1 aliphatic carbocycles. The van der Waals surface area contributed by atoms with Crippen LogP contribution in [0.25, 0.3) is 10.2 Å². The third-order valence-electron chi connectivity index (χ3n) is 4.82. The summed E-state index contributed by atoms with van der Waals surface area (Å²) in [6.07, 6.45) is 4.65. The van der Waals surface area contributed by atoms with E-state index in [1.54, 1.807) is 30.6 Å². The molecule has 1 aliphatic rings. The molecule has 6 nitrogen and oxygen atoms in total. The molecule has 0 bridgehead atoms. The Morgan fingerprint density at radius 1 is 1.56 bits per heavy atom. The highest BCUT2D eigenvalue weighted by Crippen LogP contribution is 2.36. The zero-order valence-electron chi connectivity index (χ0n) is 15.2. The van der Waals surface area contributed by atoms with Crippen molar-refractivity contribution in [2.45, 2.75) is 50.1 Å². The van der Waals surface area contributed by atoms with E-state index in [4.69, 9.17) is 4.42 Å². The first kappa shape index (κ1) is 18.3. The van der Waals surface area contributed by atoms with Crippen molar-refractivity contribution in [3.63, 3.8) is 0 Å². The van der Waals surface area contributed by atoms with Gasteiger partial charge in [0.1, 0.15) is 10.6 Å². The van der Waals surface area contributed by atoms with Crippen LogP contribution < -0.4 is 10.9 Å². The molecule has 1 amide bonds. The van der Waals surface area contributed by atoms with Gasteiger partial charge in [-0.15, -0.1) is 11.3 Å². The number of aromatic amines is 1. The van der Waals surface area contributed by atoms with Gasteiger partial charge in [-0.3, -0.25) is 9.59 Å². The molecular weight excluding hydrogens is 382 g/mol. The number of fused-ring (bicyclic) bond motifs is 3. The van der Waals surface area contributed by atoms with Crippen LogP contribution in [0.4, 0.5) is 0 Å². The number of thioether (sulfide) groups is 1. The van der Waals surface area contributed by atoms with Gasteiger partial charge in [0, 0.05) is 4.88 Å². The van der Waals surface area contributed by atoms with E-state index < -0.39 is 0 Å². The van der Waals surface area contributed by atoms with Crippen molar-refractivity contribution < 1.29 is 9.21 Å². The minimum absolute atomic E-state index is 0.0993. The smallest absolute Gasteiger partial charge is 0.260 e. The molecule has 4 rings (SSSR count). The Kier molecular flexibility index (Phi) is 5.10. The Hall–Kier alpha value is -2.06. The summed E-state index contributed by atoms with van der Waals surface area (Å²) in [5.74, 6) is 1.22. The molecule has 0 fully saturated rings. The first-order valence-corrected chi connectivity index (χ1v) is 10.7. The molecule has 0 aromatic carbocycles. The molecule has 0 spiro atoms. The average molecular weight is 404 g/mol. The minimum atomic E-state index is -0.379. The number of hydrogen-bond acceptors (Lipinski definition) is 6. The third kappa shape index (κ3) is 3.82. The van der Waals surface area contributed by atoms with E-state index in [-0.39, 0.29) is 16.7 Å². The largest absolute Gasteiger partial charge is 0.467 e. The van der Waals surface area contributed by atoms with Crippen LogP contribution in [0.15, 0.2) is 32.8 Å². The summed E-state index contributed by atoms with van der Waals surface area (Å²) in [4.78, 5) is 34.5. The molecule has 27 heavy (non-hydrogen) atoms. The number of thiophene rings is 1. The molecule has 3 aromatic heterocycles. The molecule has 0 saturated heterocycles. The average Bonchev–Trinajstić information content (AvgIpc) is 3.26. The number of hydrogen-bond donors (Lipinski definition) is 2. The number of furan rings is 1. The predicted octanol–water partition coefficient (Wildman–Crippen LogP) is 3.50. The summed E-state index contributed by atoms with van der Waals surface area (Å²) in [7, 11) is 0. The number of rotatable bonds is 5. The molecule has 142 valence electrons. The zero-order valence-corrected chi connectivity index (χ0v) is 16.8. The Morgan fingerprint density at radius 2 is 2.41 bits per heavy atom. The lowest BCUT2D eigenvalue weighted by Gasteiger charge is -2.17. The van der Waals surface area contributed by atoms with Gasteiger partial charge in [-0.25, -0.2) is 4.98 Å². The van der Waals surface area contributed by atoms with Gasteiger partial charge in [0.15, 0.2) is 5.16 Å². The maximum Gasteiger partial charge on any atom is 0.260 e. The maximum absolute atomic E-state index is 12.6. The van der Waals surface area contributed by atoms with Crippen molar-refractivity contribution in [3.8, 4) is 0 Å². The molecule has 8 heteroatoms. The fourth-order valence-corrected chi connectivity index (χ4v) is 5.60. The van der Waals surface area contributed by atoms with Gasteiger partial charge >= 0.3 is 0 Å². The normalized spacial score (nSPS) is 17.6. The van der Waals surface area contributed by atoms with Crippen LogP contribution in [0, 0.1) is 5.92 Å². The molecule has 0 aliphatic heterocycles. The molecule has 0 unspecified atom stereocenters. The minimum Gasteiger partial charge on any atom is -0.467 e. The Morgan fingerprint density at radius 3 is 3.19 bits per heavy atom. The number of nitrogens with one attached hydrogen (secondary N) is 2. The van der Waals surface area contributed by atoms with E-state index in [2.05, 4.69) is 22.2 Å². The van der Waals surface area contributed by atoms with Gasteiger partial charge in [0.05, 0.1) is 23.4 Å². The number of carbonyl (C=O) groups is 1. The first-order valence-electron chi connectivity index (χ1n) is 9.02. The quantitative estimate of drug-likeness (QED) is 0.503. The van der Waals surface area contributed by atoms with Gasteiger partial charge in [0.2, 0.25) is 5.91 Å². The summed E-state index contributed by atoms with van der Waals surface area (Å²) in [5, 5.41) is 3.67. The number of nitrogens with zero attached hydrogens (tertiary/aromatic N) is 1. The molecule has 2 atom stereocenters. The second-order valence-electron chi connectivity index (χ2n) is 6.96. The third-order valence-corrected chi connectivity index (χ3v) is 6.95. The molecule has 3 aromatic rings.